The third kappa shape index (κ3) is 4.31. The van der Waals surface area contributed by atoms with Gasteiger partial charge < -0.3 is 30.4 Å². The van der Waals surface area contributed by atoms with Gasteiger partial charge in [0, 0.05) is 53.6 Å². The number of terminal acetylenes is 1. The molecule has 0 saturated carbocycles. The number of nitrogens with two attached hydrogens (primary N) is 1. The van der Waals surface area contributed by atoms with Gasteiger partial charge >= 0.3 is 6.09 Å². The molecule has 2 aliphatic rings. The van der Waals surface area contributed by atoms with E-state index < -0.39 is 5.60 Å². The van der Waals surface area contributed by atoms with Crippen LogP contribution < -0.4 is 15.4 Å². The molecule has 190 valence electrons. The van der Waals surface area contributed by atoms with Gasteiger partial charge in [-0.25, -0.2) is 4.79 Å². The van der Waals surface area contributed by atoms with Gasteiger partial charge in [0.15, 0.2) is 5.75 Å². The zero-order chi connectivity index (χ0) is 26.5. The summed E-state index contributed by atoms with van der Waals surface area (Å²) in [5.41, 5.74) is 11.8. The molecule has 8 heteroatoms. The number of nitrogens with one attached hydrogen (secondary N) is 1. The minimum atomic E-state index is -0.547. The second-order valence-electron chi connectivity index (χ2n) is 10.5. The molecule has 1 aromatic heterocycles. The van der Waals surface area contributed by atoms with Crippen molar-refractivity contribution >= 4 is 34.6 Å². The maximum Gasteiger partial charge on any atom is 0.410 e. The molecule has 3 heterocycles. The van der Waals surface area contributed by atoms with Crippen molar-refractivity contribution in [1.82, 2.24) is 9.88 Å². The molecule has 0 aliphatic carbocycles. The average molecular weight is 498 g/mol. The van der Waals surface area contributed by atoms with Crippen LogP contribution in [0.4, 0.5) is 16.2 Å². The van der Waals surface area contributed by atoms with Crippen molar-refractivity contribution in [3.8, 4) is 29.2 Å². The summed E-state index contributed by atoms with van der Waals surface area (Å²) in [5.74, 6) is 3.53. The summed E-state index contributed by atoms with van der Waals surface area (Å²) in [5, 5.41) is 8.84. The maximum atomic E-state index is 12.7. The number of nitrogen functional groups attached to an aromatic ring is 1. The van der Waals surface area contributed by atoms with E-state index in [9.17, 15) is 4.79 Å². The van der Waals surface area contributed by atoms with Crippen molar-refractivity contribution in [1.29, 1.82) is 5.41 Å². The van der Waals surface area contributed by atoms with E-state index in [0.717, 1.165) is 33.3 Å². The first kappa shape index (κ1) is 24.4. The number of fused-ring (bicyclic) bond motifs is 5. The van der Waals surface area contributed by atoms with Gasteiger partial charge in [-0.05, 0) is 57.0 Å². The molecule has 3 N–H and O–H groups in total. The number of carbonyl (C=O) groups excluding carboxylic acids is 1. The third-order valence-electron chi connectivity index (χ3n) is 6.85. The van der Waals surface area contributed by atoms with Crippen molar-refractivity contribution in [2.24, 2.45) is 0 Å². The third-order valence-corrected chi connectivity index (χ3v) is 6.85. The summed E-state index contributed by atoms with van der Waals surface area (Å²) in [7, 11) is 0. The zero-order valence-electron chi connectivity index (χ0n) is 21.6. The van der Waals surface area contributed by atoms with Crippen molar-refractivity contribution in [2.45, 2.75) is 39.3 Å². The van der Waals surface area contributed by atoms with Gasteiger partial charge in [-0.15, -0.1) is 6.42 Å². The highest BCUT2D eigenvalue weighted by Gasteiger charge is 2.37. The molecule has 8 nitrogen and oxygen atoms in total. The summed E-state index contributed by atoms with van der Waals surface area (Å²) < 4.78 is 11.7. The van der Waals surface area contributed by atoms with E-state index in [1.165, 1.54) is 6.21 Å². The van der Waals surface area contributed by atoms with E-state index in [-0.39, 0.29) is 12.1 Å². The number of pyridine rings is 1. The van der Waals surface area contributed by atoms with Crippen molar-refractivity contribution in [3.05, 3.63) is 47.2 Å². The topological polar surface area (TPSA) is 105 Å². The monoisotopic (exact) mass is 497 g/mol. The van der Waals surface area contributed by atoms with Crippen molar-refractivity contribution < 1.29 is 14.3 Å². The standard InChI is InChI=1S/C29H31N5O3/c1-6-18-11-21-24(12-20(18)26-17(2)7-8-23(31)22(26)13-30)32-14-25-27(21)34-10-9-33(15-19(34)16-36-25)28(35)37-29(3,4)5/h1,7-8,11-14,19,30H,9-10,15-16,31H2,2-5H3/t19-/m1/s1. The first-order chi connectivity index (χ1) is 17.6. The predicted octanol–water partition coefficient (Wildman–Crippen LogP) is 4.59. The second kappa shape index (κ2) is 9.00. The van der Waals surface area contributed by atoms with E-state index in [2.05, 4.69) is 10.8 Å². The Hall–Kier alpha value is -4.25. The van der Waals surface area contributed by atoms with Crippen LogP contribution in [0.15, 0.2) is 30.5 Å². The smallest absolute Gasteiger partial charge is 0.410 e. The SMILES string of the molecule is C#Cc1cc2c3c(cnc2cc1-c1c(C)ccc(N)c1C=N)OC[C@H]1CN(C(=O)OC(C)(C)C)CCN31. The maximum absolute atomic E-state index is 12.7. The molecule has 1 saturated heterocycles. The molecule has 0 spiro atoms. The van der Waals surface area contributed by atoms with Crippen LogP contribution in [0, 0.1) is 24.7 Å². The van der Waals surface area contributed by atoms with Crippen LogP contribution in [0.25, 0.3) is 22.0 Å². The number of nitrogens with zero attached hydrogens (tertiary/aromatic N) is 3. The number of carbonyl (C=O) groups is 1. The first-order valence-electron chi connectivity index (χ1n) is 12.3. The van der Waals surface area contributed by atoms with Crippen LogP contribution in [0.2, 0.25) is 0 Å². The molecule has 37 heavy (non-hydrogen) atoms. The quantitative estimate of drug-likeness (QED) is 0.305. The lowest BCUT2D eigenvalue weighted by Gasteiger charge is -2.45. The number of anilines is 2. The van der Waals surface area contributed by atoms with Crippen LogP contribution in [0.5, 0.6) is 5.75 Å². The van der Waals surface area contributed by atoms with E-state index in [4.69, 9.17) is 32.0 Å². The lowest BCUT2D eigenvalue weighted by molar-refractivity contribution is 0.0195. The first-order valence-corrected chi connectivity index (χ1v) is 12.3. The van der Waals surface area contributed by atoms with Gasteiger partial charge in [0.25, 0.3) is 0 Å². The van der Waals surface area contributed by atoms with Gasteiger partial charge in [-0.1, -0.05) is 12.0 Å². The molecule has 1 amide bonds. The molecule has 5 rings (SSSR count). The zero-order valence-corrected chi connectivity index (χ0v) is 21.6. The van der Waals surface area contributed by atoms with Crippen LogP contribution >= 0.6 is 0 Å². The molecule has 0 radical (unpaired) electrons. The lowest BCUT2D eigenvalue weighted by atomic mass is 9.89. The highest BCUT2D eigenvalue weighted by Crippen LogP contribution is 2.43. The number of hydrogen-bond donors (Lipinski definition) is 2. The van der Waals surface area contributed by atoms with Crippen molar-refractivity contribution in [2.75, 3.05) is 36.9 Å². The number of piperazine rings is 1. The summed E-state index contributed by atoms with van der Waals surface area (Å²) >= 11 is 0. The van der Waals surface area contributed by atoms with Crippen LogP contribution in [-0.2, 0) is 4.74 Å². The fraction of sp³-hybridized carbons (Fsp3) is 0.345. The summed E-state index contributed by atoms with van der Waals surface area (Å²) in [6, 6.07) is 7.66. The average Bonchev–Trinajstić information content (AvgIpc) is 2.87. The van der Waals surface area contributed by atoms with E-state index in [1.54, 1.807) is 17.2 Å². The molecule has 0 unspecified atom stereocenters. The summed E-state index contributed by atoms with van der Waals surface area (Å²) in [4.78, 5) is 21.4. The molecule has 0 bridgehead atoms. The molecule has 1 fully saturated rings. The van der Waals surface area contributed by atoms with E-state index in [1.807, 2.05) is 45.9 Å². The molecule has 2 aliphatic heterocycles. The number of hydrogen-bond acceptors (Lipinski definition) is 7. The molecular formula is C29H31N5O3. The van der Waals surface area contributed by atoms with Gasteiger partial charge in [0.05, 0.1) is 23.4 Å². The normalized spacial score (nSPS) is 16.9. The molecule has 2 aromatic carbocycles. The highest BCUT2D eigenvalue weighted by molar-refractivity contribution is 6.03. The number of amides is 1. The van der Waals surface area contributed by atoms with E-state index in [0.29, 0.717) is 48.8 Å². The van der Waals surface area contributed by atoms with Gasteiger partial charge in [-0.3, -0.25) is 4.98 Å². The molecular weight excluding hydrogens is 466 g/mol. The minimum Gasteiger partial charge on any atom is -0.488 e. The summed E-state index contributed by atoms with van der Waals surface area (Å²) in [6.45, 7) is 9.72. The minimum absolute atomic E-state index is 0.0194. The largest absolute Gasteiger partial charge is 0.488 e. The predicted molar refractivity (Wildman–Crippen MR) is 147 cm³/mol. The fourth-order valence-corrected chi connectivity index (χ4v) is 5.16. The Morgan fingerprint density at radius 3 is 2.81 bits per heavy atom. The Kier molecular flexibility index (Phi) is 5.95. The van der Waals surface area contributed by atoms with Gasteiger partial charge in [0.2, 0.25) is 0 Å². The number of aryl methyl sites for hydroxylation is 1. The number of benzene rings is 2. The Bertz CT molecular complexity index is 1470. The van der Waals surface area contributed by atoms with Crippen LogP contribution in [0.1, 0.15) is 37.5 Å². The summed E-state index contributed by atoms with van der Waals surface area (Å²) in [6.07, 6.45) is 8.71. The Morgan fingerprint density at radius 1 is 1.32 bits per heavy atom. The lowest BCUT2D eigenvalue weighted by Crippen LogP contribution is -2.59. The van der Waals surface area contributed by atoms with Gasteiger partial charge in [0.1, 0.15) is 12.2 Å². The highest BCUT2D eigenvalue weighted by atomic mass is 16.6. The van der Waals surface area contributed by atoms with Crippen molar-refractivity contribution in [3.63, 3.8) is 0 Å². The van der Waals surface area contributed by atoms with Crippen LogP contribution in [-0.4, -0.2) is 60.1 Å². The molecule has 1 atom stereocenters. The number of ether oxygens (including phenoxy) is 2. The number of rotatable bonds is 2. The fourth-order valence-electron chi connectivity index (χ4n) is 5.16. The van der Waals surface area contributed by atoms with E-state index >= 15 is 0 Å². The Labute approximate surface area is 216 Å². The Balaban J connectivity index is 1.58. The van der Waals surface area contributed by atoms with Crippen LogP contribution in [0.3, 0.4) is 0 Å². The Morgan fingerprint density at radius 2 is 2.11 bits per heavy atom. The second-order valence-corrected chi connectivity index (χ2v) is 10.5. The number of aromatic nitrogens is 1. The van der Waals surface area contributed by atoms with Gasteiger partial charge in [-0.2, -0.15) is 0 Å². The molecule has 3 aromatic rings.